The lowest BCUT2D eigenvalue weighted by atomic mass is 9.68. The number of ketones is 1. The molecule has 2 nitrogen and oxygen atoms in total. The summed E-state index contributed by atoms with van der Waals surface area (Å²) in [7, 11) is 0. The molecule has 2 heteroatoms. The molecule has 0 bridgehead atoms. The zero-order chi connectivity index (χ0) is 17.2. The van der Waals surface area contributed by atoms with E-state index in [4.69, 9.17) is 0 Å². The molecular weight excluding hydrogens is 308 g/mol. The maximum atomic E-state index is 13.4. The molecule has 124 valence electrons. The van der Waals surface area contributed by atoms with Crippen LogP contribution in [0.3, 0.4) is 0 Å². The number of Topliss-reactive ketones (excluding diaryl/α,β-unsaturated/α-hetero) is 1. The molecule has 1 aliphatic carbocycles. The molecule has 4 rings (SSSR count). The van der Waals surface area contributed by atoms with Crippen LogP contribution in [0.25, 0.3) is 0 Å². The summed E-state index contributed by atoms with van der Waals surface area (Å²) in [6.07, 6.45) is 0.0193. The smallest absolute Gasteiger partial charge is 0.170 e. The summed E-state index contributed by atoms with van der Waals surface area (Å²) < 4.78 is 0. The number of carbonyl (C=O) groups excluding carboxylic acids is 1. The minimum atomic E-state index is -0.541. The van der Waals surface area contributed by atoms with Crippen LogP contribution in [-0.4, -0.2) is 10.9 Å². The van der Waals surface area contributed by atoms with Crippen LogP contribution in [0.4, 0.5) is 0 Å². The van der Waals surface area contributed by atoms with Gasteiger partial charge < -0.3 is 5.11 Å². The Bertz CT molecular complexity index is 871. The van der Waals surface area contributed by atoms with Crippen LogP contribution in [0.15, 0.2) is 84.9 Å². The van der Waals surface area contributed by atoms with Gasteiger partial charge in [-0.1, -0.05) is 84.9 Å². The van der Waals surface area contributed by atoms with Crippen LogP contribution in [0.1, 0.15) is 51.4 Å². The fourth-order valence-electron chi connectivity index (χ4n) is 3.95. The quantitative estimate of drug-likeness (QED) is 0.696. The molecule has 3 aromatic carbocycles. The van der Waals surface area contributed by atoms with Gasteiger partial charge in [-0.05, 0) is 23.1 Å². The van der Waals surface area contributed by atoms with Gasteiger partial charge in [0.15, 0.2) is 5.78 Å². The van der Waals surface area contributed by atoms with Crippen molar-refractivity contribution in [1.82, 2.24) is 0 Å². The first-order valence-corrected chi connectivity index (χ1v) is 8.67. The molecule has 0 fully saturated rings. The lowest BCUT2D eigenvalue weighted by molar-refractivity contribution is 0.0892. The molecule has 1 N–H and O–H groups in total. The molecule has 1 aliphatic rings. The number of rotatable bonds is 3. The third-order valence-electron chi connectivity index (χ3n) is 5.14. The van der Waals surface area contributed by atoms with Gasteiger partial charge in [-0.3, -0.25) is 4.79 Å². The average molecular weight is 328 g/mol. The van der Waals surface area contributed by atoms with Crippen molar-refractivity contribution in [2.24, 2.45) is 0 Å². The second-order valence-corrected chi connectivity index (χ2v) is 6.61. The fourth-order valence-corrected chi connectivity index (χ4v) is 3.95. The van der Waals surface area contributed by atoms with Crippen LogP contribution in [-0.2, 0) is 0 Å². The first-order chi connectivity index (χ1) is 12.3. The van der Waals surface area contributed by atoms with Gasteiger partial charge in [0.2, 0.25) is 0 Å². The van der Waals surface area contributed by atoms with Crippen LogP contribution < -0.4 is 0 Å². The van der Waals surface area contributed by atoms with Crippen molar-refractivity contribution in [2.75, 3.05) is 0 Å². The van der Waals surface area contributed by atoms with E-state index >= 15 is 0 Å². The van der Waals surface area contributed by atoms with E-state index in [2.05, 4.69) is 12.1 Å². The Morgan fingerprint density at radius 1 is 0.760 bits per heavy atom. The number of hydrogen-bond donors (Lipinski definition) is 1. The standard InChI is InChI=1S/C23H20O2/c24-21-15-20(16-9-3-1-4-10-16)22(19-14-8-7-13-18(19)21)23(25)17-11-5-2-6-12-17/h1-14,20-22,24H,15H2/t20-,21+,22+/m0/s1. The Hall–Kier alpha value is -2.71. The highest BCUT2D eigenvalue weighted by molar-refractivity contribution is 6.02. The summed E-state index contributed by atoms with van der Waals surface area (Å²) >= 11 is 0. The van der Waals surface area contributed by atoms with Gasteiger partial charge in [0.1, 0.15) is 0 Å². The van der Waals surface area contributed by atoms with E-state index in [9.17, 15) is 9.90 Å². The maximum Gasteiger partial charge on any atom is 0.170 e. The van der Waals surface area contributed by atoms with Crippen molar-refractivity contribution >= 4 is 5.78 Å². The molecule has 0 heterocycles. The number of aliphatic hydroxyl groups excluding tert-OH is 1. The SMILES string of the molecule is O=C(c1ccccc1)[C@@H]1c2ccccc2[C@H](O)C[C@H]1c1ccccc1. The summed E-state index contributed by atoms with van der Waals surface area (Å²) in [5.41, 5.74) is 3.65. The van der Waals surface area contributed by atoms with Crippen molar-refractivity contribution in [1.29, 1.82) is 0 Å². The first kappa shape index (κ1) is 15.8. The fraction of sp³-hybridized carbons (Fsp3) is 0.174. The van der Waals surface area contributed by atoms with Gasteiger partial charge in [0.05, 0.1) is 12.0 Å². The van der Waals surface area contributed by atoms with E-state index < -0.39 is 6.10 Å². The molecule has 0 spiro atoms. The summed E-state index contributed by atoms with van der Waals surface area (Å²) in [5.74, 6) is -0.183. The number of fused-ring (bicyclic) bond motifs is 1. The molecule has 0 amide bonds. The van der Waals surface area contributed by atoms with Crippen molar-refractivity contribution in [3.63, 3.8) is 0 Å². The summed E-state index contributed by atoms with van der Waals surface area (Å²) in [6.45, 7) is 0. The predicted octanol–water partition coefficient (Wildman–Crippen LogP) is 4.87. The van der Waals surface area contributed by atoms with Crippen LogP contribution in [0.2, 0.25) is 0 Å². The molecule has 0 saturated heterocycles. The van der Waals surface area contributed by atoms with E-state index in [0.29, 0.717) is 6.42 Å². The van der Waals surface area contributed by atoms with Crippen molar-refractivity contribution in [3.05, 3.63) is 107 Å². The Kier molecular flexibility index (Phi) is 4.21. The van der Waals surface area contributed by atoms with Crippen LogP contribution in [0, 0.1) is 0 Å². The summed E-state index contributed by atoms with van der Waals surface area (Å²) in [5, 5.41) is 10.7. The number of hydrogen-bond acceptors (Lipinski definition) is 2. The highest BCUT2D eigenvalue weighted by atomic mass is 16.3. The Labute approximate surface area is 147 Å². The molecule has 0 saturated carbocycles. The van der Waals surface area contributed by atoms with Gasteiger partial charge >= 0.3 is 0 Å². The van der Waals surface area contributed by atoms with Crippen LogP contribution in [0.5, 0.6) is 0 Å². The maximum absolute atomic E-state index is 13.4. The third kappa shape index (κ3) is 2.90. The number of aliphatic hydroxyl groups is 1. The Balaban J connectivity index is 1.85. The van der Waals surface area contributed by atoms with Gasteiger partial charge in [-0.25, -0.2) is 0 Å². The Morgan fingerprint density at radius 3 is 2.00 bits per heavy atom. The zero-order valence-electron chi connectivity index (χ0n) is 13.9. The molecule has 0 unspecified atom stereocenters. The van der Waals surface area contributed by atoms with Crippen molar-refractivity contribution in [2.45, 2.75) is 24.4 Å². The van der Waals surface area contributed by atoms with E-state index in [-0.39, 0.29) is 17.6 Å². The third-order valence-corrected chi connectivity index (χ3v) is 5.14. The molecule has 0 aromatic heterocycles. The first-order valence-electron chi connectivity index (χ1n) is 8.67. The highest BCUT2D eigenvalue weighted by Crippen LogP contribution is 2.47. The van der Waals surface area contributed by atoms with E-state index in [1.807, 2.05) is 72.8 Å². The predicted molar refractivity (Wildman–Crippen MR) is 98.7 cm³/mol. The molecule has 0 aliphatic heterocycles. The topological polar surface area (TPSA) is 37.3 Å². The minimum Gasteiger partial charge on any atom is -0.388 e. The van der Waals surface area contributed by atoms with Gasteiger partial charge in [0, 0.05) is 11.5 Å². The van der Waals surface area contributed by atoms with Gasteiger partial charge in [0.25, 0.3) is 0 Å². The van der Waals surface area contributed by atoms with Gasteiger partial charge in [-0.2, -0.15) is 0 Å². The lowest BCUT2D eigenvalue weighted by Crippen LogP contribution is -2.28. The molecule has 0 radical (unpaired) electrons. The van der Waals surface area contributed by atoms with E-state index in [1.54, 1.807) is 0 Å². The normalized spacial score (nSPS) is 22.2. The molecule has 25 heavy (non-hydrogen) atoms. The molecule has 3 atom stereocenters. The van der Waals surface area contributed by atoms with Crippen molar-refractivity contribution < 1.29 is 9.90 Å². The minimum absolute atomic E-state index is 0.0289. The summed E-state index contributed by atoms with van der Waals surface area (Å²) in [6, 6.07) is 27.3. The summed E-state index contributed by atoms with van der Waals surface area (Å²) in [4.78, 5) is 13.4. The van der Waals surface area contributed by atoms with Crippen LogP contribution >= 0.6 is 0 Å². The zero-order valence-corrected chi connectivity index (χ0v) is 13.9. The molecule has 3 aromatic rings. The molecular formula is C23H20O2. The highest BCUT2D eigenvalue weighted by Gasteiger charge is 2.39. The largest absolute Gasteiger partial charge is 0.388 e. The lowest BCUT2D eigenvalue weighted by Gasteiger charge is -2.36. The second kappa shape index (κ2) is 6.66. The Morgan fingerprint density at radius 2 is 1.32 bits per heavy atom. The average Bonchev–Trinajstić information content (AvgIpc) is 2.69. The van der Waals surface area contributed by atoms with E-state index in [1.165, 1.54) is 0 Å². The number of carbonyl (C=O) groups is 1. The van der Waals surface area contributed by atoms with Crippen molar-refractivity contribution in [3.8, 4) is 0 Å². The monoisotopic (exact) mass is 328 g/mol. The van der Waals surface area contributed by atoms with E-state index in [0.717, 1.165) is 22.3 Å². The second-order valence-electron chi connectivity index (χ2n) is 6.61. The van der Waals surface area contributed by atoms with Gasteiger partial charge in [-0.15, -0.1) is 0 Å². The number of benzene rings is 3.